The molecule has 1 atom stereocenters. The number of carboxylic acid groups (broad SMARTS) is 1. The van der Waals surface area contributed by atoms with Crippen molar-refractivity contribution < 1.29 is 19.4 Å². The molecular weight excluding hydrogens is 380 g/mol. The molecule has 152 valence electrons. The number of hydrogen-bond acceptors (Lipinski definition) is 4. The Hall–Kier alpha value is -3.67. The molecule has 0 saturated heterocycles. The van der Waals surface area contributed by atoms with Gasteiger partial charge in [-0.1, -0.05) is 48.5 Å². The second-order valence-corrected chi connectivity index (χ2v) is 7.33. The fourth-order valence-electron chi connectivity index (χ4n) is 4.04. The van der Waals surface area contributed by atoms with Crippen molar-refractivity contribution >= 4 is 17.7 Å². The number of carboxylic acids is 1. The molecule has 4 rings (SSSR count). The number of rotatable bonds is 6. The monoisotopic (exact) mass is 402 g/mol. The van der Waals surface area contributed by atoms with Gasteiger partial charge >= 0.3 is 12.1 Å². The summed E-state index contributed by atoms with van der Waals surface area (Å²) < 4.78 is 5.73. The summed E-state index contributed by atoms with van der Waals surface area (Å²) in [5, 5.41) is 9.19. The van der Waals surface area contributed by atoms with Gasteiger partial charge in [0.1, 0.15) is 6.61 Å². The van der Waals surface area contributed by atoms with Crippen LogP contribution in [-0.2, 0) is 9.53 Å². The van der Waals surface area contributed by atoms with Gasteiger partial charge in [0.05, 0.1) is 18.3 Å². The topological polar surface area (TPSA) is 79.7 Å². The van der Waals surface area contributed by atoms with E-state index in [-0.39, 0.29) is 18.9 Å². The second kappa shape index (κ2) is 8.37. The van der Waals surface area contributed by atoms with Crippen molar-refractivity contribution in [2.24, 2.45) is 0 Å². The average molecular weight is 402 g/mol. The molecule has 6 heteroatoms. The minimum Gasteiger partial charge on any atom is -0.481 e. The zero-order valence-electron chi connectivity index (χ0n) is 16.6. The van der Waals surface area contributed by atoms with Crippen LogP contribution >= 0.6 is 0 Å². The lowest BCUT2D eigenvalue weighted by Gasteiger charge is -2.28. The molecule has 3 aromatic rings. The minimum absolute atomic E-state index is 0.0631. The fourth-order valence-corrected chi connectivity index (χ4v) is 4.04. The van der Waals surface area contributed by atoms with Crippen molar-refractivity contribution in [1.82, 2.24) is 4.98 Å². The second-order valence-electron chi connectivity index (χ2n) is 7.33. The van der Waals surface area contributed by atoms with Gasteiger partial charge in [-0.3, -0.25) is 14.7 Å². The van der Waals surface area contributed by atoms with Gasteiger partial charge in [0.25, 0.3) is 0 Å². The van der Waals surface area contributed by atoms with E-state index in [4.69, 9.17) is 4.74 Å². The average Bonchev–Trinajstić information content (AvgIpc) is 3.06. The Morgan fingerprint density at radius 3 is 2.23 bits per heavy atom. The SMILES string of the molecule is C[C@@H](CC(=O)O)N(C(=O)OCC1c2ccccc2-c2ccccc21)c1cccnc1. The predicted molar refractivity (Wildman–Crippen MR) is 113 cm³/mol. The maximum atomic E-state index is 13.0. The van der Waals surface area contributed by atoms with Crippen molar-refractivity contribution in [2.75, 3.05) is 11.5 Å². The normalized spacial score (nSPS) is 13.2. The lowest BCUT2D eigenvalue weighted by molar-refractivity contribution is -0.137. The van der Waals surface area contributed by atoms with E-state index < -0.39 is 18.1 Å². The lowest BCUT2D eigenvalue weighted by atomic mass is 9.98. The van der Waals surface area contributed by atoms with E-state index >= 15 is 0 Å². The molecule has 0 bridgehead atoms. The number of amides is 1. The smallest absolute Gasteiger partial charge is 0.414 e. The number of aliphatic carboxylic acids is 1. The Balaban J connectivity index is 1.57. The molecule has 1 aromatic heterocycles. The predicted octanol–water partition coefficient (Wildman–Crippen LogP) is 4.70. The van der Waals surface area contributed by atoms with Crippen molar-refractivity contribution in [3.8, 4) is 11.1 Å². The molecule has 1 aliphatic carbocycles. The zero-order valence-corrected chi connectivity index (χ0v) is 16.6. The van der Waals surface area contributed by atoms with Crippen molar-refractivity contribution in [3.63, 3.8) is 0 Å². The molecule has 0 aliphatic heterocycles. The highest BCUT2D eigenvalue weighted by Crippen LogP contribution is 2.44. The van der Waals surface area contributed by atoms with Crippen LogP contribution in [-0.4, -0.2) is 34.8 Å². The van der Waals surface area contributed by atoms with Crippen LogP contribution in [0.15, 0.2) is 73.1 Å². The van der Waals surface area contributed by atoms with Gasteiger partial charge in [-0.2, -0.15) is 0 Å². The lowest BCUT2D eigenvalue weighted by Crippen LogP contribution is -2.41. The zero-order chi connectivity index (χ0) is 21.1. The van der Waals surface area contributed by atoms with E-state index in [0.717, 1.165) is 22.3 Å². The maximum Gasteiger partial charge on any atom is 0.414 e. The Morgan fingerprint density at radius 1 is 1.03 bits per heavy atom. The number of fused-ring (bicyclic) bond motifs is 3. The third kappa shape index (κ3) is 3.76. The first-order valence-electron chi connectivity index (χ1n) is 9.82. The molecule has 30 heavy (non-hydrogen) atoms. The van der Waals surface area contributed by atoms with E-state index in [9.17, 15) is 14.7 Å². The van der Waals surface area contributed by atoms with Crippen LogP contribution in [0.2, 0.25) is 0 Å². The molecule has 1 amide bonds. The van der Waals surface area contributed by atoms with Gasteiger partial charge in [0.15, 0.2) is 0 Å². The van der Waals surface area contributed by atoms with E-state index in [2.05, 4.69) is 29.2 Å². The molecular formula is C24H22N2O4. The van der Waals surface area contributed by atoms with Crippen LogP contribution in [0.25, 0.3) is 11.1 Å². The number of hydrogen-bond donors (Lipinski definition) is 1. The van der Waals surface area contributed by atoms with Crippen molar-refractivity contribution in [2.45, 2.75) is 25.3 Å². The molecule has 0 fully saturated rings. The Labute approximate surface area is 174 Å². The first-order valence-corrected chi connectivity index (χ1v) is 9.82. The standard InChI is InChI=1S/C24H22N2O4/c1-16(13-23(27)28)26(17-7-6-12-25-14-17)24(29)30-15-22-20-10-4-2-8-18(20)19-9-3-5-11-21(19)22/h2-12,14,16,22H,13,15H2,1H3,(H,27,28)/t16-/m0/s1. The molecule has 1 heterocycles. The van der Waals surface area contributed by atoms with E-state index in [1.165, 1.54) is 11.1 Å². The highest BCUT2D eigenvalue weighted by atomic mass is 16.6. The summed E-state index contributed by atoms with van der Waals surface area (Å²) in [5.74, 6) is -1.05. The highest BCUT2D eigenvalue weighted by Gasteiger charge is 2.31. The van der Waals surface area contributed by atoms with Crippen molar-refractivity contribution in [3.05, 3.63) is 84.2 Å². The number of aromatic nitrogens is 1. The third-order valence-corrected chi connectivity index (χ3v) is 5.37. The van der Waals surface area contributed by atoms with Crippen LogP contribution in [0.1, 0.15) is 30.4 Å². The first-order chi connectivity index (χ1) is 14.6. The maximum absolute atomic E-state index is 13.0. The number of benzene rings is 2. The largest absolute Gasteiger partial charge is 0.481 e. The highest BCUT2D eigenvalue weighted by molar-refractivity contribution is 5.89. The number of nitrogens with zero attached hydrogens (tertiary/aromatic N) is 2. The summed E-state index contributed by atoms with van der Waals surface area (Å²) in [6.07, 6.45) is 2.35. The fraction of sp³-hybridized carbons (Fsp3) is 0.208. The number of carbonyl (C=O) groups is 2. The molecule has 1 aliphatic rings. The molecule has 2 aromatic carbocycles. The molecule has 0 saturated carbocycles. The molecule has 0 unspecified atom stereocenters. The number of anilines is 1. The van der Waals surface area contributed by atoms with Gasteiger partial charge in [-0.05, 0) is 41.3 Å². The van der Waals surface area contributed by atoms with Gasteiger partial charge in [-0.25, -0.2) is 4.79 Å². The van der Waals surface area contributed by atoms with Gasteiger partial charge in [0.2, 0.25) is 0 Å². The quantitative estimate of drug-likeness (QED) is 0.646. The Morgan fingerprint density at radius 2 is 1.67 bits per heavy atom. The number of pyridine rings is 1. The third-order valence-electron chi connectivity index (χ3n) is 5.37. The minimum atomic E-state index is -0.983. The van der Waals surface area contributed by atoms with Gasteiger partial charge in [0, 0.05) is 18.2 Å². The summed E-state index contributed by atoms with van der Waals surface area (Å²) in [7, 11) is 0. The Bertz CT molecular complexity index is 1020. The summed E-state index contributed by atoms with van der Waals surface area (Å²) >= 11 is 0. The molecule has 0 spiro atoms. The van der Waals surface area contributed by atoms with Crippen molar-refractivity contribution in [1.29, 1.82) is 0 Å². The number of carbonyl (C=O) groups excluding carboxylic acids is 1. The Kier molecular flexibility index (Phi) is 5.48. The summed E-state index contributed by atoms with van der Waals surface area (Å²) in [6, 6.07) is 19.1. The van der Waals surface area contributed by atoms with Crippen LogP contribution < -0.4 is 4.90 Å². The van der Waals surface area contributed by atoms with E-state index in [1.54, 1.807) is 25.3 Å². The van der Waals surface area contributed by atoms with Crippen LogP contribution in [0.3, 0.4) is 0 Å². The van der Waals surface area contributed by atoms with E-state index in [0.29, 0.717) is 5.69 Å². The summed E-state index contributed by atoms with van der Waals surface area (Å²) in [5.41, 5.74) is 5.05. The van der Waals surface area contributed by atoms with Crippen LogP contribution in [0, 0.1) is 0 Å². The molecule has 6 nitrogen and oxygen atoms in total. The van der Waals surface area contributed by atoms with E-state index in [1.807, 2.05) is 24.3 Å². The molecule has 1 N–H and O–H groups in total. The first kappa shape index (κ1) is 19.6. The van der Waals surface area contributed by atoms with Crippen LogP contribution in [0.5, 0.6) is 0 Å². The van der Waals surface area contributed by atoms with Crippen LogP contribution in [0.4, 0.5) is 10.5 Å². The summed E-state index contributed by atoms with van der Waals surface area (Å²) in [6.45, 7) is 1.85. The summed E-state index contributed by atoms with van der Waals surface area (Å²) in [4.78, 5) is 29.7. The van der Waals surface area contributed by atoms with Gasteiger partial charge in [-0.15, -0.1) is 0 Å². The number of ether oxygens (including phenoxy) is 1. The molecule has 0 radical (unpaired) electrons. The van der Waals surface area contributed by atoms with Gasteiger partial charge < -0.3 is 9.84 Å².